The number of benzene rings is 2. The monoisotopic (exact) mass is 363 g/mol. The third-order valence-electron chi connectivity index (χ3n) is 3.61. The van der Waals surface area contributed by atoms with Gasteiger partial charge in [-0.15, -0.1) is 0 Å². The quantitative estimate of drug-likeness (QED) is 0.762. The van der Waals surface area contributed by atoms with E-state index in [2.05, 4.69) is 5.32 Å². The minimum Gasteiger partial charge on any atom is -0.497 e. The summed E-state index contributed by atoms with van der Waals surface area (Å²) < 4.78 is 48.6. The summed E-state index contributed by atoms with van der Waals surface area (Å²) in [5, 5.41) is 2.51. The normalized spacial score (nSPS) is 11.4. The van der Waals surface area contributed by atoms with Gasteiger partial charge in [0.25, 0.3) is 5.91 Å². The average molecular weight is 363 g/mol. The van der Waals surface area contributed by atoms with Crippen LogP contribution in [0.25, 0.3) is 11.0 Å². The standard InChI is InChI=1S/C18H12F3NO4/c1-25-12-5-6-15-13(8-12)14(23)9-16(26-15)17(24)22-11-4-2-3-10(7-11)18(19,20)21/h2-9H,1H3,(H,22,24). The van der Waals surface area contributed by atoms with E-state index >= 15 is 0 Å². The fraction of sp³-hybridized carbons (Fsp3) is 0.111. The van der Waals surface area contributed by atoms with Crippen molar-refractivity contribution < 1.29 is 27.1 Å². The molecular weight excluding hydrogens is 351 g/mol. The molecule has 0 aliphatic heterocycles. The predicted molar refractivity (Wildman–Crippen MR) is 88.4 cm³/mol. The molecule has 134 valence electrons. The van der Waals surface area contributed by atoms with Crippen molar-refractivity contribution in [3.8, 4) is 5.75 Å². The average Bonchev–Trinajstić information content (AvgIpc) is 2.61. The second kappa shape index (κ2) is 6.55. The van der Waals surface area contributed by atoms with Gasteiger partial charge in [-0.1, -0.05) is 6.07 Å². The maximum Gasteiger partial charge on any atom is 0.416 e. The molecule has 0 saturated heterocycles. The molecule has 0 radical (unpaired) electrons. The van der Waals surface area contributed by atoms with Crippen LogP contribution in [0.5, 0.6) is 5.75 Å². The van der Waals surface area contributed by atoms with Crippen molar-refractivity contribution >= 4 is 22.6 Å². The number of rotatable bonds is 3. The summed E-state index contributed by atoms with van der Waals surface area (Å²) in [7, 11) is 1.44. The first kappa shape index (κ1) is 17.5. The minimum absolute atomic E-state index is 0.0673. The van der Waals surface area contributed by atoms with Crippen molar-refractivity contribution in [2.24, 2.45) is 0 Å². The van der Waals surface area contributed by atoms with Crippen molar-refractivity contribution in [3.63, 3.8) is 0 Å². The van der Waals surface area contributed by atoms with Crippen LogP contribution in [0.2, 0.25) is 0 Å². The van der Waals surface area contributed by atoms with Crippen LogP contribution in [0.3, 0.4) is 0 Å². The summed E-state index contributed by atoms with van der Waals surface area (Å²) in [6.45, 7) is 0. The summed E-state index contributed by atoms with van der Waals surface area (Å²) in [6.07, 6.45) is -4.53. The molecule has 1 heterocycles. The van der Waals surface area contributed by atoms with Crippen LogP contribution in [-0.4, -0.2) is 13.0 Å². The van der Waals surface area contributed by atoms with Gasteiger partial charge in [-0.2, -0.15) is 13.2 Å². The molecule has 3 aromatic rings. The number of hydrogen-bond acceptors (Lipinski definition) is 4. The molecule has 0 aliphatic carbocycles. The molecule has 0 aliphatic rings. The summed E-state index contributed by atoms with van der Waals surface area (Å²) in [4.78, 5) is 24.4. The van der Waals surface area contributed by atoms with E-state index in [4.69, 9.17) is 9.15 Å². The molecule has 8 heteroatoms. The van der Waals surface area contributed by atoms with Crippen LogP contribution in [0.15, 0.2) is 57.7 Å². The summed E-state index contributed by atoms with van der Waals surface area (Å²) in [5.41, 5.74) is -1.28. The van der Waals surface area contributed by atoms with Crippen LogP contribution in [0.4, 0.5) is 18.9 Å². The topological polar surface area (TPSA) is 68.5 Å². The van der Waals surface area contributed by atoms with E-state index in [-0.39, 0.29) is 22.4 Å². The summed E-state index contributed by atoms with van der Waals surface area (Å²) in [6, 6.07) is 9.62. The van der Waals surface area contributed by atoms with E-state index in [0.717, 1.165) is 18.2 Å². The molecule has 3 rings (SSSR count). The van der Waals surface area contributed by atoms with Crippen LogP contribution < -0.4 is 15.5 Å². The molecule has 0 spiro atoms. The van der Waals surface area contributed by atoms with Crippen LogP contribution in [0.1, 0.15) is 16.1 Å². The summed E-state index contributed by atoms with van der Waals surface area (Å²) in [5.74, 6) is -0.699. The van der Waals surface area contributed by atoms with Gasteiger partial charge in [-0.25, -0.2) is 0 Å². The van der Waals surface area contributed by atoms with E-state index in [1.807, 2.05) is 0 Å². The van der Waals surface area contributed by atoms with Crippen molar-refractivity contribution in [1.82, 2.24) is 0 Å². The fourth-order valence-corrected chi connectivity index (χ4v) is 2.34. The Labute approximate surface area is 145 Å². The first-order chi connectivity index (χ1) is 12.3. The molecule has 2 aromatic carbocycles. The second-order valence-electron chi connectivity index (χ2n) is 5.37. The minimum atomic E-state index is -4.53. The van der Waals surface area contributed by atoms with Gasteiger partial charge in [0.2, 0.25) is 0 Å². The Morgan fingerprint density at radius 3 is 2.58 bits per heavy atom. The molecule has 0 bridgehead atoms. The highest BCUT2D eigenvalue weighted by Gasteiger charge is 2.30. The molecular formula is C18H12F3NO4. The Morgan fingerprint density at radius 2 is 1.88 bits per heavy atom. The van der Waals surface area contributed by atoms with Gasteiger partial charge in [-0.3, -0.25) is 9.59 Å². The third-order valence-corrected chi connectivity index (χ3v) is 3.61. The smallest absolute Gasteiger partial charge is 0.416 e. The van der Waals surface area contributed by atoms with Gasteiger partial charge in [0, 0.05) is 11.8 Å². The van der Waals surface area contributed by atoms with Crippen molar-refractivity contribution in [2.75, 3.05) is 12.4 Å². The first-order valence-electron chi connectivity index (χ1n) is 7.38. The van der Waals surface area contributed by atoms with Gasteiger partial charge in [-0.05, 0) is 36.4 Å². The van der Waals surface area contributed by atoms with Gasteiger partial charge < -0.3 is 14.5 Å². The Kier molecular flexibility index (Phi) is 4.41. The second-order valence-corrected chi connectivity index (χ2v) is 5.37. The van der Waals surface area contributed by atoms with E-state index < -0.39 is 23.1 Å². The zero-order chi connectivity index (χ0) is 18.9. The highest BCUT2D eigenvalue weighted by Crippen LogP contribution is 2.30. The number of halogens is 3. The Bertz CT molecular complexity index is 1040. The molecule has 0 saturated carbocycles. The molecule has 0 fully saturated rings. The number of carbonyl (C=O) groups excluding carboxylic acids is 1. The predicted octanol–water partition coefficient (Wildman–Crippen LogP) is 4.07. The van der Waals surface area contributed by atoms with Crippen LogP contribution >= 0.6 is 0 Å². The molecule has 1 aromatic heterocycles. The summed E-state index contributed by atoms with van der Waals surface area (Å²) >= 11 is 0. The van der Waals surface area contributed by atoms with Gasteiger partial charge in [0.05, 0.1) is 18.1 Å². The van der Waals surface area contributed by atoms with Crippen molar-refractivity contribution in [1.29, 1.82) is 0 Å². The number of anilines is 1. The van der Waals surface area contributed by atoms with Crippen molar-refractivity contribution in [3.05, 3.63) is 70.1 Å². The zero-order valence-electron chi connectivity index (χ0n) is 13.4. The van der Waals surface area contributed by atoms with Gasteiger partial charge >= 0.3 is 6.18 Å². The first-order valence-corrected chi connectivity index (χ1v) is 7.38. The Hall–Kier alpha value is -3.29. The SMILES string of the molecule is COc1ccc2oc(C(=O)Nc3cccc(C(F)(F)F)c3)cc(=O)c2c1. The highest BCUT2D eigenvalue weighted by molar-refractivity contribution is 6.03. The number of fused-ring (bicyclic) bond motifs is 1. The number of ether oxygens (including phenoxy) is 1. The Morgan fingerprint density at radius 1 is 1.12 bits per heavy atom. The van der Waals surface area contributed by atoms with Crippen LogP contribution in [-0.2, 0) is 6.18 Å². The van der Waals surface area contributed by atoms with Gasteiger partial charge in [0.1, 0.15) is 11.3 Å². The number of hydrogen-bond donors (Lipinski definition) is 1. The number of amides is 1. The lowest BCUT2D eigenvalue weighted by atomic mass is 10.2. The lowest BCUT2D eigenvalue weighted by molar-refractivity contribution is -0.137. The number of alkyl halides is 3. The van der Waals surface area contributed by atoms with E-state index in [9.17, 15) is 22.8 Å². The number of methoxy groups -OCH3 is 1. The maximum absolute atomic E-state index is 12.7. The lowest BCUT2D eigenvalue weighted by Gasteiger charge is -2.10. The highest BCUT2D eigenvalue weighted by atomic mass is 19.4. The fourth-order valence-electron chi connectivity index (χ4n) is 2.34. The number of carbonyl (C=O) groups is 1. The van der Waals surface area contributed by atoms with E-state index in [1.54, 1.807) is 6.07 Å². The van der Waals surface area contributed by atoms with E-state index in [0.29, 0.717) is 5.75 Å². The van der Waals surface area contributed by atoms with Crippen molar-refractivity contribution in [2.45, 2.75) is 6.18 Å². The van der Waals surface area contributed by atoms with Gasteiger partial charge in [0.15, 0.2) is 11.2 Å². The molecule has 1 amide bonds. The maximum atomic E-state index is 12.7. The number of nitrogens with one attached hydrogen (secondary N) is 1. The molecule has 1 N–H and O–H groups in total. The van der Waals surface area contributed by atoms with E-state index in [1.165, 1.54) is 31.4 Å². The molecule has 0 unspecified atom stereocenters. The third kappa shape index (κ3) is 3.53. The lowest BCUT2D eigenvalue weighted by Crippen LogP contribution is -2.15. The molecule has 5 nitrogen and oxygen atoms in total. The molecule has 26 heavy (non-hydrogen) atoms. The van der Waals surface area contributed by atoms with Crippen LogP contribution in [0, 0.1) is 0 Å². The molecule has 0 atom stereocenters. The Balaban J connectivity index is 1.92. The largest absolute Gasteiger partial charge is 0.497 e. The zero-order valence-corrected chi connectivity index (χ0v) is 13.4.